The number of halogens is 2. The molecule has 3 aromatic rings. The van der Waals surface area contributed by atoms with E-state index in [0.29, 0.717) is 12.0 Å². The number of esters is 1. The van der Waals surface area contributed by atoms with Gasteiger partial charge >= 0.3 is 5.97 Å². The smallest absolute Gasteiger partial charge is 0.338 e. The average molecular weight is 626 g/mol. The van der Waals surface area contributed by atoms with Crippen molar-refractivity contribution in [2.24, 2.45) is 5.92 Å². The first-order valence-corrected chi connectivity index (χ1v) is 15.3. The van der Waals surface area contributed by atoms with Gasteiger partial charge in [-0.2, -0.15) is 0 Å². The van der Waals surface area contributed by atoms with Crippen LogP contribution in [-0.4, -0.2) is 54.8 Å². The van der Waals surface area contributed by atoms with E-state index < -0.39 is 0 Å². The summed E-state index contributed by atoms with van der Waals surface area (Å²) in [5, 5.41) is 0. The third-order valence-electron chi connectivity index (χ3n) is 9.12. The van der Waals surface area contributed by atoms with Crippen LogP contribution in [0.15, 0.2) is 66.7 Å². The average Bonchev–Trinajstić information content (AvgIpc) is 3.20. The van der Waals surface area contributed by atoms with E-state index >= 15 is 0 Å². The molecule has 0 aliphatic carbocycles. The summed E-state index contributed by atoms with van der Waals surface area (Å²) in [7, 11) is 1.43. The van der Waals surface area contributed by atoms with Crippen LogP contribution in [0.4, 0.5) is 0 Å². The molecule has 1 fully saturated rings. The lowest BCUT2D eigenvalue weighted by molar-refractivity contribution is 0.0598. The molecule has 1 saturated heterocycles. The highest BCUT2D eigenvalue weighted by Gasteiger charge is 2.21. The second-order valence-corrected chi connectivity index (χ2v) is 11.9. The fourth-order valence-electron chi connectivity index (χ4n) is 6.47. The van der Waals surface area contributed by atoms with Gasteiger partial charge in [0.05, 0.1) is 12.7 Å². The van der Waals surface area contributed by atoms with Crippen molar-refractivity contribution in [3.8, 4) is 0 Å². The molecule has 5 nitrogen and oxygen atoms in total. The number of ketones is 1. The molecule has 232 valence electrons. The standard InChI is InChI=1S/C36H44N2O3.2ClH/c1-27-8-3-4-10-32(27)25-37-20-16-28(17-21-37)9-7-13-35(39)31-15-14-29-18-22-38(23-19-30(29)24-31)26-33-11-5-6-12-34(33)36(40)41-2;;/h3-6,8,10-12,14-15,24,28H,7,9,13,16-23,25-26H2,1-2H3;2*1H. The van der Waals surface area contributed by atoms with Gasteiger partial charge in [0.25, 0.3) is 0 Å². The molecule has 0 N–H and O–H groups in total. The van der Waals surface area contributed by atoms with Crippen molar-refractivity contribution in [2.75, 3.05) is 33.3 Å². The Morgan fingerprint density at radius 1 is 0.791 bits per heavy atom. The predicted molar refractivity (Wildman–Crippen MR) is 179 cm³/mol. The minimum absolute atomic E-state index is 0. The number of Topliss-reactive ketones (excluding diaryl/α,β-unsaturated/α-hetero) is 1. The zero-order chi connectivity index (χ0) is 28.6. The summed E-state index contributed by atoms with van der Waals surface area (Å²) in [6, 6.07) is 22.7. The van der Waals surface area contributed by atoms with Crippen molar-refractivity contribution < 1.29 is 14.3 Å². The number of nitrogens with zero attached hydrogens (tertiary/aromatic N) is 2. The number of fused-ring (bicyclic) bond motifs is 1. The molecule has 0 saturated carbocycles. The number of carbonyl (C=O) groups excluding carboxylic acids is 2. The Labute approximate surface area is 269 Å². The molecule has 0 bridgehead atoms. The predicted octanol–water partition coefficient (Wildman–Crippen LogP) is 7.49. The molecule has 0 radical (unpaired) electrons. The summed E-state index contributed by atoms with van der Waals surface area (Å²) in [6.07, 6.45) is 7.10. The highest BCUT2D eigenvalue weighted by Crippen LogP contribution is 2.26. The molecule has 7 heteroatoms. The van der Waals surface area contributed by atoms with Crippen LogP contribution in [0.1, 0.15) is 80.6 Å². The second-order valence-electron chi connectivity index (χ2n) is 11.9. The fourth-order valence-corrected chi connectivity index (χ4v) is 6.47. The maximum Gasteiger partial charge on any atom is 0.338 e. The number of aryl methyl sites for hydroxylation is 1. The van der Waals surface area contributed by atoms with Crippen LogP contribution in [-0.2, 0) is 30.7 Å². The number of piperidine rings is 1. The van der Waals surface area contributed by atoms with Gasteiger partial charge in [-0.05, 0) is 104 Å². The summed E-state index contributed by atoms with van der Waals surface area (Å²) in [5.74, 6) is 0.724. The minimum Gasteiger partial charge on any atom is -0.465 e. The number of ether oxygens (including phenoxy) is 1. The zero-order valence-electron chi connectivity index (χ0n) is 25.6. The lowest BCUT2D eigenvalue weighted by Crippen LogP contribution is -2.33. The Balaban J connectivity index is 0.00000253. The van der Waals surface area contributed by atoms with Crippen LogP contribution in [0.5, 0.6) is 0 Å². The number of hydrogen-bond donors (Lipinski definition) is 0. The lowest BCUT2D eigenvalue weighted by Gasteiger charge is -2.32. The van der Waals surface area contributed by atoms with Gasteiger partial charge in [0, 0.05) is 38.2 Å². The van der Waals surface area contributed by atoms with Crippen molar-refractivity contribution in [2.45, 2.75) is 65.0 Å². The van der Waals surface area contributed by atoms with Crippen molar-refractivity contribution >= 4 is 36.6 Å². The summed E-state index contributed by atoms with van der Waals surface area (Å²) in [5.41, 5.74) is 7.94. The molecule has 0 amide bonds. The number of rotatable bonds is 10. The van der Waals surface area contributed by atoms with Gasteiger partial charge in [-0.1, -0.05) is 54.6 Å². The van der Waals surface area contributed by atoms with Gasteiger partial charge in [-0.25, -0.2) is 4.79 Å². The Morgan fingerprint density at radius 3 is 2.14 bits per heavy atom. The van der Waals surface area contributed by atoms with E-state index in [1.54, 1.807) is 0 Å². The van der Waals surface area contributed by atoms with Gasteiger partial charge in [0.2, 0.25) is 0 Å². The third-order valence-corrected chi connectivity index (χ3v) is 9.12. The second kappa shape index (κ2) is 17.0. The molecular formula is C36H46Cl2N2O3. The largest absolute Gasteiger partial charge is 0.465 e. The van der Waals surface area contributed by atoms with Crippen molar-refractivity contribution in [1.29, 1.82) is 0 Å². The van der Waals surface area contributed by atoms with E-state index in [9.17, 15) is 9.59 Å². The van der Waals surface area contributed by atoms with Gasteiger partial charge in [0.1, 0.15) is 0 Å². The van der Waals surface area contributed by atoms with E-state index in [-0.39, 0.29) is 36.6 Å². The van der Waals surface area contributed by atoms with E-state index in [4.69, 9.17) is 4.74 Å². The number of hydrogen-bond acceptors (Lipinski definition) is 5. The summed E-state index contributed by atoms with van der Waals surface area (Å²) >= 11 is 0. The molecule has 0 atom stereocenters. The molecule has 0 spiro atoms. The quantitative estimate of drug-likeness (QED) is 0.173. The minimum atomic E-state index is -0.287. The first kappa shape index (κ1) is 34.8. The van der Waals surface area contributed by atoms with Crippen LogP contribution in [0.25, 0.3) is 0 Å². The van der Waals surface area contributed by atoms with E-state index in [0.717, 1.165) is 82.0 Å². The van der Waals surface area contributed by atoms with Crippen LogP contribution < -0.4 is 0 Å². The van der Waals surface area contributed by atoms with E-state index in [2.05, 4.69) is 53.1 Å². The van der Waals surface area contributed by atoms with Crippen LogP contribution in [0, 0.1) is 12.8 Å². The summed E-state index contributed by atoms with van der Waals surface area (Å²) in [4.78, 5) is 30.3. The highest BCUT2D eigenvalue weighted by molar-refractivity contribution is 5.96. The molecular weight excluding hydrogens is 579 g/mol. The Morgan fingerprint density at radius 2 is 1.42 bits per heavy atom. The van der Waals surface area contributed by atoms with Crippen LogP contribution >= 0.6 is 24.8 Å². The van der Waals surface area contributed by atoms with Crippen molar-refractivity contribution in [3.63, 3.8) is 0 Å². The van der Waals surface area contributed by atoms with Crippen molar-refractivity contribution in [3.05, 3.63) is 106 Å². The maximum atomic E-state index is 13.1. The molecule has 2 heterocycles. The number of methoxy groups -OCH3 is 1. The molecule has 43 heavy (non-hydrogen) atoms. The van der Waals surface area contributed by atoms with Crippen LogP contribution in [0.3, 0.4) is 0 Å². The third kappa shape index (κ3) is 9.39. The highest BCUT2D eigenvalue weighted by atomic mass is 35.5. The van der Waals surface area contributed by atoms with E-state index in [1.807, 2.05) is 30.3 Å². The van der Waals surface area contributed by atoms with Crippen LogP contribution in [0.2, 0.25) is 0 Å². The van der Waals surface area contributed by atoms with E-state index in [1.165, 1.54) is 42.2 Å². The zero-order valence-corrected chi connectivity index (χ0v) is 27.2. The fraction of sp³-hybridized carbons (Fsp3) is 0.444. The molecule has 0 unspecified atom stereocenters. The summed E-state index contributed by atoms with van der Waals surface area (Å²) in [6.45, 7) is 8.12. The SMILES string of the molecule is COC(=O)c1ccccc1CN1CCc2ccc(C(=O)CCCC3CCN(Cc4ccccc4C)CC3)cc2CC1.Cl.Cl. The molecule has 3 aromatic carbocycles. The molecule has 0 aromatic heterocycles. The molecule has 2 aliphatic rings. The topological polar surface area (TPSA) is 49.9 Å². The van der Waals surface area contributed by atoms with Gasteiger partial charge < -0.3 is 4.74 Å². The maximum absolute atomic E-state index is 13.1. The monoisotopic (exact) mass is 624 g/mol. The number of carbonyl (C=O) groups is 2. The lowest BCUT2D eigenvalue weighted by atomic mass is 9.90. The first-order valence-electron chi connectivity index (χ1n) is 15.3. The first-order chi connectivity index (χ1) is 20.0. The number of benzene rings is 3. The van der Waals surface area contributed by atoms with Gasteiger partial charge in [0.15, 0.2) is 5.78 Å². The summed E-state index contributed by atoms with van der Waals surface area (Å²) < 4.78 is 4.98. The Hall–Kier alpha value is -2.70. The van der Waals surface area contributed by atoms with Gasteiger partial charge in [-0.3, -0.25) is 14.6 Å². The number of likely N-dealkylation sites (tertiary alicyclic amines) is 1. The normalized spacial score (nSPS) is 15.9. The van der Waals surface area contributed by atoms with Gasteiger partial charge in [-0.15, -0.1) is 24.8 Å². The Kier molecular flexibility index (Phi) is 13.7. The molecule has 5 rings (SSSR count). The van der Waals surface area contributed by atoms with Crippen molar-refractivity contribution in [1.82, 2.24) is 9.80 Å². The Bertz CT molecular complexity index is 1350. The molecule has 2 aliphatic heterocycles.